The predicted molar refractivity (Wildman–Crippen MR) is 59.3 cm³/mol. The van der Waals surface area contributed by atoms with E-state index >= 15 is 0 Å². The normalized spacial score (nSPS) is 12.6. The summed E-state index contributed by atoms with van der Waals surface area (Å²) in [5.41, 5.74) is 6.80. The van der Waals surface area contributed by atoms with Crippen molar-refractivity contribution < 1.29 is 9.84 Å². The number of aliphatic hydroxyl groups is 1. The highest BCUT2D eigenvalue weighted by atomic mass is 79.9. The summed E-state index contributed by atoms with van der Waals surface area (Å²) >= 11 is 3.42. The van der Waals surface area contributed by atoms with Gasteiger partial charge in [-0.25, -0.2) is 0 Å². The molecule has 0 saturated carbocycles. The summed E-state index contributed by atoms with van der Waals surface area (Å²) in [6, 6.07) is 5.62. The van der Waals surface area contributed by atoms with E-state index in [0.29, 0.717) is 6.61 Å². The van der Waals surface area contributed by atoms with Gasteiger partial charge in [0.25, 0.3) is 0 Å². The summed E-state index contributed by atoms with van der Waals surface area (Å²) < 4.78 is 6.18. The molecule has 3 nitrogen and oxygen atoms in total. The van der Waals surface area contributed by atoms with E-state index in [2.05, 4.69) is 15.9 Å². The minimum Gasteiger partial charge on any atom is -0.491 e. The van der Waals surface area contributed by atoms with Gasteiger partial charge in [0.05, 0.1) is 6.61 Å². The van der Waals surface area contributed by atoms with Gasteiger partial charge in [0.2, 0.25) is 0 Å². The van der Waals surface area contributed by atoms with E-state index in [9.17, 15) is 0 Å². The second-order valence-electron chi connectivity index (χ2n) is 3.04. The van der Waals surface area contributed by atoms with Crippen LogP contribution in [0.25, 0.3) is 0 Å². The average molecular weight is 260 g/mol. The van der Waals surface area contributed by atoms with Crippen molar-refractivity contribution in [3.8, 4) is 5.75 Å². The highest BCUT2D eigenvalue weighted by molar-refractivity contribution is 9.10. The Labute approximate surface area is 92.0 Å². The Hall–Kier alpha value is -0.580. The van der Waals surface area contributed by atoms with Gasteiger partial charge >= 0.3 is 0 Å². The molecule has 0 radical (unpaired) electrons. The molecule has 78 valence electrons. The molecular formula is C10H14BrNO2. The number of aliphatic hydroxyl groups excluding tert-OH is 1. The summed E-state index contributed by atoms with van der Waals surface area (Å²) in [5, 5.41) is 8.58. The summed E-state index contributed by atoms with van der Waals surface area (Å²) in [6.45, 7) is 2.25. The molecule has 0 heterocycles. The first-order chi connectivity index (χ1) is 6.65. The lowest BCUT2D eigenvalue weighted by molar-refractivity contribution is 0.201. The third-order valence-electron chi connectivity index (χ3n) is 1.82. The molecule has 1 atom stereocenters. The van der Waals surface area contributed by atoms with Crippen LogP contribution in [0, 0.1) is 0 Å². The first-order valence-electron chi connectivity index (χ1n) is 4.44. The highest BCUT2D eigenvalue weighted by Crippen LogP contribution is 2.26. The molecular weight excluding hydrogens is 246 g/mol. The minimum atomic E-state index is -0.00346. The fraction of sp³-hybridized carbons (Fsp3) is 0.400. The largest absolute Gasteiger partial charge is 0.491 e. The molecule has 1 rings (SSSR count). The molecule has 0 aliphatic carbocycles. The third kappa shape index (κ3) is 2.97. The van der Waals surface area contributed by atoms with Crippen molar-refractivity contribution in [2.75, 3.05) is 13.2 Å². The van der Waals surface area contributed by atoms with Crippen molar-refractivity contribution in [2.45, 2.75) is 13.0 Å². The maximum Gasteiger partial charge on any atom is 0.120 e. The summed E-state index contributed by atoms with van der Waals surface area (Å²) in [7, 11) is 0. The van der Waals surface area contributed by atoms with Crippen molar-refractivity contribution in [3.05, 3.63) is 28.2 Å². The van der Waals surface area contributed by atoms with E-state index in [1.165, 1.54) is 0 Å². The number of ether oxygens (including phenoxy) is 1. The van der Waals surface area contributed by atoms with Crippen LogP contribution in [-0.4, -0.2) is 18.3 Å². The van der Waals surface area contributed by atoms with Crippen molar-refractivity contribution in [1.29, 1.82) is 0 Å². The Morgan fingerprint density at radius 1 is 1.57 bits per heavy atom. The Kier molecular flexibility index (Phi) is 4.38. The lowest BCUT2D eigenvalue weighted by Crippen LogP contribution is -2.06. The molecule has 1 aromatic carbocycles. The molecule has 0 aromatic heterocycles. The number of hydrogen-bond donors (Lipinski definition) is 2. The molecule has 0 spiro atoms. The van der Waals surface area contributed by atoms with Gasteiger partial charge in [0.15, 0.2) is 0 Å². The van der Waals surface area contributed by atoms with Crippen molar-refractivity contribution in [3.63, 3.8) is 0 Å². The molecule has 0 fully saturated rings. The number of hydrogen-bond acceptors (Lipinski definition) is 3. The van der Waals surface area contributed by atoms with Gasteiger partial charge in [-0.3, -0.25) is 0 Å². The van der Waals surface area contributed by atoms with Crippen LogP contribution in [0.1, 0.15) is 18.5 Å². The van der Waals surface area contributed by atoms with Crippen molar-refractivity contribution >= 4 is 15.9 Å². The zero-order chi connectivity index (χ0) is 10.6. The highest BCUT2D eigenvalue weighted by Gasteiger charge is 2.05. The van der Waals surface area contributed by atoms with Gasteiger partial charge in [0, 0.05) is 10.5 Å². The maximum absolute atomic E-state index is 8.58. The van der Waals surface area contributed by atoms with Crippen LogP contribution >= 0.6 is 15.9 Å². The molecule has 0 aliphatic heterocycles. The Morgan fingerprint density at radius 2 is 2.29 bits per heavy atom. The lowest BCUT2D eigenvalue weighted by Gasteiger charge is -2.10. The van der Waals surface area contributed by atoms with Gasteiger partial charge in [0.1, 0.15) is 12.4 Å². The van der Waals surface area contributed by atoms with Gasteiger partial charge < -0.3 is 15.6 Å². The molecule has 1 aromatic rings. The summed E-state index contributed by atoms with van der Waals surface area (Å²) in [5.74, 6) is 0.732. The van der Waals surface area contributed by atoms with E-state index in [1.54, 1.807) is 0 Å². The van der Waals surface area contributed by atoms with Crippen LogP contribution < -0.4 is 10.5 Å². The van der Waals surface area contributed by atoms with Crippen LogP contribution in [0.15, 0.2) is 22.7 Å². The monoisotopic (exact) mass is 259 g/mol. The average Bonchev–Trinajstić information content (AvgIpc) is 2.14. The van der Waals surface area contributed by atoms with Crippen LogP contribution in [0.4, 0.5) is 0 Å². The Bertz CT molecular complexity index is 302. The lowest BCUT2D eigenvalue weighted by atomic mass is 10.1. The van der Waals surface area contributed by atoms with Gasteiger partial charge in [-0.2, -0.15) is 0 Å². The minimum absolute atomic E-state index is 0.00346. The second-order valence-corrected chi connectivity index (χ2v) is 3.90. The molecule has 0 unspecified atom stereocenters. The zero-order valence-corrected chi connectivity index (χ0v) is 9.62. The van der Waals surface area contributed by atoms with E-state index < -0.39 is 0 Å². The molecule has 0 saturated heterocycles. The van der Waals surface area contributed by atoms with E-state index in [-0.39, 0.29) is 12.6 Å². The molecule has 14 heavy (non-hydrogen) atoms. The topological polar surface area (TPSA) is 55.5 Å². The number of benzene rings is 1. The van der Waals surface area contributed by atoms with E-state index in [4.69, 9.17) is 15.6 Å². The standard InChI is InChI=1S/C10H14BrNO2/c1-7(12)9-3-2-8(6-10(9)11)14-5-4-13/h2-3,6-7,13H,4-5,12H2,1H3/t7-/m0/s1. The van der Waals surface area contributed by atoms with Crippen LogP contribution in [0.2, 0.25) is 0 Å². The first kappa shape index (κ1) is 11.5. The first-order valence-corrected chi connectivity index (χ1v) is 5.23. The number of rotatable bonds is 4. The molecule has 0 amide bonds. The third-order valence-corrected chi connectivity index (χ3v) is 2.51. The fourth-order valence-corrected chi connectivity index (χ4v) is 1.85. The summed E-state index contributed by atoms with van der Waals surface area (Å²) in [4.78, 5) is 0. The molecule has 0 bridgehead atoms. The quantitative estimate of drug-likeness (QED) is 0.868. The number of nitrogens with two attached hydrogens (primary N) is 1. The van der Waals surface area contributed by atoms with Crippen LogP contribution in [0.3, 0.4) is 0 Å². The van der Waals surface area contributed by atoms with Crippen molar-refractivity contribution in [1.82, 2.24) is 0 Å². The fourth-order valence-electron chi connectivity index (χ4n) is 1.13. The van der Waals surface area contributed by atoms with E-state index in [1.807, 2.05) is 25.1 Å². The molecule has 0 aliphatic rings. The number of halogens is 1. The van der Waals surface area contributed by atoms with Crippen LogP contribution in [0.5, 0.6) is 5.75 Å². The zero-order valence-electron chi connectivity index (χ0n) is 8.03. The molecule has 3 N–H and O–H groups in total. The van der Waals surface area contributed by atoms with Crippen molar-refractivity contribution in [2.24, 2.45) is 5.73 Å². The predicted octanol–water partition coefficient (Wildman–Crippen LogP) is 1.84. The second kappa shape index (κ2) is 5.34. The Morgan fingerprint density at radius 3 is 2.79 bits per heavy atom. The smallest absolute Gasteiger partial charge is 0.120 e. The van der Waals surface area contributed by atoms with Crippen LogP contribution in [-0.2, 0) is 0 Å². The summed E-state index contributed by atoms with van der Waals surface area (Å²) in [6.07, 6.45) is 0. The van der Waals surface area contributed by atoms with E-state index in [0.717, 1.165) is 15.8 Å². The molecule has 4 heteroatoms. The SMILES string of the molecule is C[C@H](N)c1ccc(OCCO)cc1Br. The maximum atomic E-state index is 8.58. The van der Waals surface area contributed by atoms with Gasteiger partial charge in [-0.05, 0) is 24.6 Å². The van der Waals surface area contributed by atoms with Gasteiger partial charge in [-0.1, -0.05) is 22.0 Å². The Balaban J connectivity index is 2.78. The van der Waals surface area contributed by atoms with Gasteiger partial charge in [-0.15, -0.1) is 0 Å².